The number of nitrogens with zero attached hydrogens (tertiary/aromatic N) is 1. The number of carbonyl (C=O) groups excluding carboxylic acids is 2. The summed E-state index contributed by atoms with van der Waals surface area (Å²) < 4.78 is 16.5. The minimum atomic E-state index is -0.389. The van der Waals surface area contributed by atoms with E-state index >= 15 is 0 Å². The van der Waals surface area contributed by atoms with Crippen LogP contribution in [-0.2, 0) is 27.2 Å². The third-order valence-corrected chi connectivity index (χ3v) is 7.09. The van der Waals surface area contributed by atoms with E-state index in [0.717, 1.165) is 47.9 Å². The fraction of sp³-hybridized carbons (Fsp3) is 0.577. The lowest BCUT2D eigenvalue weighted by molar-refractivity contribution is -0.142. The van der Waals surface area contributed by atoms with Crippen molar-refractivity contribution in [3.05, 3.63) is 39.2 Å². The molecule has 1 aromatic carbocycles. The number of ether oxygens (including phenoxy) is 2. The summed E-state index contributed by atoms with van der Waals surface area (Å²) in [7, 11) is 1.40. The Morgan fingerprint density at radius 1 is 1.21 bits per heavy atom. The zero-order valence-corrected chi connectivity index (χ0v) is 20.0. The third-order valence-electron chi connectivity index (χ3n) is 7.09. The van der Waals surface area contributed by atoms with Crippen LogP contribution >= 0.6 is 0 Å². The first-order valence-corrected chi connectivity index (χ1v) is 11.8. The van der Waals surface area contributed by atoms with E-state index in [-0.39, 0.29) is 35.4 Å². The lowest BCUT2D eigenvalue weighted by Crippen LogP contribution is -2.39. The Kier molecular flexibility index (Phi) is 6.50. The van der Waals surface area contributed by atoms with Gasteiger partial charge in [0, 0.05) is 42.9 Å². The number of hydrogen-bond acceptors (Lipinski definition) is 6. The highest BCUT2D eigenvalue weighted by Gasteiger charge is 2.28. The highest BCUT2D eigenvalue weighted by molar-refractivity contribution is 5.84. The minimum absolute atomic E-state index is 0.0338. The van der Waals surface area contributed by atoms with Crippen LogP contribution in [0.3, 0.4) is 0 Å². The number of fused-ring (bicyclic) bond motifs is 2. The van der Waals surface area contributed by atoms with Crippen LogP contribution < -0.4 is 10.4 Å². The van der Waals surface area contributed by atoms with Crippen LogP contribution in [0.4, 0.5) is 0 Å². The average molecular weight is 456 g/mol. The van der Waals surface area contributed by atoms with Crippen LogP contribution in [0.2, 0.25) is 0 Å². The monoisotopic (exact) mass is 455 g/mol. The summed E-state index contributed by atoms with van der Waals surface area (Å²) in [5, 5.41) is 0.905. The molecule has 7 heteroatoms. The molecule has 4 rings (SSSR count). The number of rotatable bonds is 5. The zero-order valence-electron chi connectivity index (χ0n) is 20.0. The Morgan fingerprint density at radius 2 is 1.94 bits per heavy atom. The van der Waals surface area contributed by atoms with Gasteiger partial charge in [-0.3, -0.25) is 9.59 Å². The summed E-state index contributed by atoms with van der Waals surface area (Å²) in [6, 6.07) is 3.89. The van der Waals surface area contributed by atoms with Gasteiger partial charge in [-0.05, 0) is 76.0 Å². The molecule has 0 spiro atoms. The molecule has 2 aliphatic rings. The fourth-order valence-electron chi connectivity index (χ4n) is 4.92. The summed E-state index contributed by atoms with van der Waals surface area (Å²) in [6.07, 6.45) is 4.45. The molecule has 0 atom stereocenters. The summed E-state index contributed by atoms with van der Waals surface area (Å²) in [4.78, 5) is 38.8. The van der Waals surface area contributed by atoms with Crippen molar-refractivity contribution in [1.29, 1.82) is 0 Å². The SMILES string of the molecule is COC(=O)CC1CCN(C(=O)CCc2c(C)c3cc4c(cc3oc2=O)OC(C)(C)CC4)CC1. The minimum Gasteiger partial charge on any atom is -0.487 e. The number of amides is 1. The van der Waals surface area contributed by atoms with Crippen molar-refractivity contribution < 1.29 is 23.5 Å². The number of benzene rings is 1. The first kappa shape index (κ1) is 23.3. The molecule has 1 saturated heterocycles. The summed E-state index contributed by atoms with van der Waals surface area (Å²) in [5.41, 5.74) is 2.46. The summed E-state index contributed by atoms with van der Waals surface area (Å²) in [6.45, 7) is 7.31. The second kappa shape index (κ2) is 9.20. The number of hydrogen-bond donors (Lipinski definition) is 0. The van der Waals surface area contributed by atoms with Gasteiger partial charge in [0.25, 0.3) is 0 Å². The van der Waals surface area contributed by atoms with Gasteiger partial charge in [0.15, 0.2) is 0 Å². The van der Waals surface area contributed by atoms with Crippen LogP contribution in [-0.4, -0.2) is 42.6 Å². The van der Waals surface area contributed by atoms with Gasteiger partial charge in [-0.2, -0.15) is 0 Å². The first-order chi connectivity index (χ1) is 15.7. The van der Waals surface area contributed by atoms with Gasteiger partial charge in [-0.1, -0.05) is 0 Å². The number of methoxy groups -OCH3 is 1. The van der Waals surface area contributed by atoms with Gasteiger partial charge >= 0.3 is 11.6 Å². The predicted molar refractivity (Wildman–Crippen MR) is 125 cm³/mol. The van der Waals surface area contributed by atoms with Gasteiger partial charge in [0.1, 0.15) is 16.9 Å². The molecule has 0 bridgehead atoms. The Bertz CT molecular complexity index is 1120. The highest BCUT2D eigenvalue weighted by atomic mass is 16.5. The van der Waals surface area contributed by atoms with Crippen molar-refractivity contribution >= 4 is 22.8 Å². The standard InChI is InChI=1S/C26H33NO6/c1-16-19(5-6-23(28)27-11-8-17(9-12-27)13-24(29)31-4)25(30)32-22-15-21-18(14-20(16)22)7-10-26(2,3)33-21/h14-15,17H,5-13H2,1-4H3. The van der Waals surface area contributed by atoms with Crippen molar-refractivity contribution in [1.82, 2.24) is 4.90 Å². The first-order valence-electron chi connectivity index (χ1n) is 11.8. The molecule has 1 amide bonds. The van der Waals surface area contributed by atoms with Crippen molar-refractivity contribution in [3.63, 3.8) is 0 Å². The molecule has 33 heavy (non-hydrogen) atoms. The van der Waals surface area contributed by atoms with E-state index in [4.69, 9.17) is 13.9 Å². The second-order valence-electron chi connectivity index (χ2n) is 9.92. The molecule has 7 nitrogen and oxygen atoms in total. The molecular weight excluding hydrogens is 422 g/mol. The van der Waals surface area contributed by atoms with E-state index in [0.29, 0.717) is 37.1 Å². The molecule has 0 unspecified atom stereocenters. The van der Waals surface area contributed by atoms with Crippen LogP contribution in [0, 0.1) is 12.8 Å². The van der Waals surface area contributed by atoms with E-state index in [2.05, 4.69) is 19.9 Å². The zero-order chi connectivity index (χ0) is 23.8. The molecule has 0 radical (unpaired) electrons. The Hall–Kier alpha value is -2.83. The van der Waals surface area contributed by atoms with E-state index in [1.807, 2.05) is 17.9 Å². The normalized spacial score (nSPS) is 18.0. The highest BCUT2D eigenvalue weighted by Crippen LogP contribution is 2.36. The molecular formula is C26H33NO6. The second-order valence-corrected chi connectivity index (χ2v) is 9.92. The Balaban J connectivity index is 1.44. The van der Waals surface area contributed by atoms with Crippen molar-refractivity contribution in [2.45, 2.75) is 71.3 Å². The van der Waals surface area contributed by atoms with Crippen molar-refractivity contribution in [2.75, 3.05) is 20.2 Å². The van der Waals surface area contributed by atoms with Crippen LogP contribution in [0.25, 0.3) is 11.0 Å². The topological polar surface area (TPSA) is 86.0 Å². The largest absolute Gasteiger partial charge is 0.487 e. The van der Waals surface area contributed by atoms with Gasteiger partial charge in [-0.15, -0.1) is 0 Å². The quantitative estimate of drug-likeness (QED) is 0.501. The summed E-state index contributed by atoms with van der Waals surface area (Å²) >= 11 is 0. The molecule has 1 aromatic heterocycles. The lowest BCUT2D eigenvalue weighted by atomic mass is 9.92. The van der Waals surface area contributed by atoms with E-state index in [9.17, 15) is 14.4 Å². The van der Waals surface area contributed by atoms with Gasteiger partial charge in [-0.25, -0.2) is 4.79 Å². The van der Waals surface area contributed by atoms with Crippen LogP contribution in [0.15, 0.2) is 21.3 Å². The van der Waals surface area contributed by atoms with Gasteiger partial charge < -0.3 is 18.8 Å². The van der Waals surface area contributed by atoms with Crippen LogP contribution in [0.5, 0.6) is 5.75 Å². The molecule has 0 N–H and O–H groups in total. The van der Waals surface area contributed by atoms with Gasteiger partial charge in [0.2, 0.25) is 5.91 Å². The smallest absolute Gasteiger partial charge is 0.339 e. The maximum atomic E-state index is 12.8. The number of likely N-dealkylation sites (tertiary alicyclic amines) is 1. The molecule has 2 aliphatic heterocycles. The van der Waals surface area contributed by atoms with Crippen molar-refractivity contribution in [3.8, 4) is 5.75 Å². The fourth-order valence-corrected chi connectivity index (χ4v) is 4.92. The summed E-state index contributed by atoms with van der Waals surface area (Å²) in [5.74, 6) is 0.873. The van der Waals surface area contributed by atoms with Crippen molar-refractivity contribution in [2.24, 2.45) is 5.92 Å². The molecule has 178 valence electrons. The predicted octanol–water partition coefficient (Wildman–Crippen LogP) is 3.94. The number of esters is 1. The Labute approximate surface area is 194 Å². The van der Waals surface area contributed by atoms with E-state index in [1.54, 1.807) is 0 Å². The number of carbonyl (C=O) groups is 2. The molecule has 0 saturated carbocycles. The number of aryl methyl sites for hydroxylation is 2. The van der Waals surface area contributed by atoms with E-state index < -0.39 is 0 Å². The average Bonchev–Trinajstić information content (AvgIpc) is 2.77. The van der Waals surface area contributed by atoms with Crippen LogP contribution in [0.1, 0.15) is 62.6 Å². The Morgan fingerprint density at radius 3 is 2.64 bits per heavy atom. The molecule has 1 fully saturated rings. The molecule has 3 heterocycles. The number of piperidine rings is 1. The van der Waals surface area contributed by atoms with E-state index in [1.165, 1.54) is 7.11 Å². The molecule has 0 aliphatic carbocycles. The molecule has 2 aromatic rings. The maximum Gasteiger partial charge on any atom is 0.339 e. The van der Waals surface area contributed by atoms with Gasteiger partial charge in [0.05, 0.1) is 7.11 Å². The maximum absolute atomic E-state index is 12.8. The third kappa shape index (κ3) is 5.07. The lowest BCUT2D eigenvalue weighted by Gasteiger charge is -2.32.